The lowest BCUT2D eigenvalue weighted by atomic mass is 10.2. The summed E-state index contributed by atoms with van der Waals surface area (Å²) in [5, 5.41) is 3.17. The number of nitrogens with zero attached hydrogens (tertiary/aromatic N) is 2. The van der Waals surface area contributed by atoms with Gasteiger partial charge in [-0.2, -0.15) is 4.31 Å². The number of ether oxygens (including phenoxy) is 1. The Labute approximate surface area is 154 Å². The van der Waals surface area contributed by atoms with E-state index in [0.29, 0.717) is 38.4 Å². The van der Waals surface area contributed by atoms with Crippen LogP contribution in [-0.4, -0.2) is 76.0 Å². The number of hydrogen-bond acceptors (Lipinski definition) is 5. The number of hydrogen-bond donors (Lipinski definition) is 1. The van der Waals surface area contributed by atoms with Gasteiger partial charge in [0.25, 0.3) is 5.91 Å². The molecule has 0 spiro atoms. The summed E-state index contributed by atoms with van der Waals surface area (Å²) in [5.74, 6) is -0.0874. The van der Waals surface area contributed by atoms with Crippen LogP contribution < -0.4 is 5.32 Å². The van der Waals surface area contributed by atoms with E-state index in [4.69, 9.17) is 4.74 Å². The predicted molar refractivity (Wildman–Crippen MR) is 96.6 cm³/mol. The van der Waals surface area contributed by atoms with Crippen molar-refractivity contribution in [2.45, 2.75) is 17.4 Å². The van der Waals surface area contributed by atoms with Gasteiger partial charge in [0, 0.05) is 38.3 Å². The Bertz CT molecular complexity index is 684. The van der Waals surface area contributed by atoms with Crippen molar-refractivity contribution in [3.05, 3.63) is 29.8 Å². The van der Waals surface area contributed by atoms with Crippen molar-refractivity contribution in [2.75, 3.05) is 46.4 Å². The molecule has 2 aliphatic rings. The normalized spacial score (nSPS) is 21.2. The third kappa shape index (κ3) is 4.32. The highest BCUT2D eigenvalue weighted by molar-refractivity contribution is 7.89. The number of sulfonamides is 1. The van der Waals surface area contributed by atoms with E-state index in [-0.39, 0.29) is 29.3 Å². The van der Waals surface area contributed by atoms with Gasteiger partial charge in [-0.15, -0.1) is 12.4 Å². The molecule has 2 heterocycles. The van der Waals surface area contributed by atoms with Gasteiger partial charge in [0.2, 0.25) is 10.0 Å². The lowest BCUT2D eigenvalue weighted by molar-refractivity contribution is 0.0303. The van der Waals surface area contributed by atoms with E-state index in [1.54, 1.807) is 24.1 Å². The van der Waals surface area contributed by atoms with Gasteiger partial charge in [-0.25, -0.2) is 8.42 Å². The Balaban J connectivity index is 0.00000225. The molecule has 1 unspecified atom stereocenters. The molecule has 1 atom stereocenters. The largest absolute Gasteiger partial charge is 0.378 e. The van der Waals surface area contributed by atoms with Crippen molar-refractivity contribution >= 4 is 28.3 Å². The molecule has 0 aromatic heterocycles. The molecule has 9 heteroatoms. The van der Waals surface area contributed by atoms with Crippen molar-refractivity contribution in [2.24, 2.45) is 0 Å². The molecule has 7 nitrogen and oxygen atoms in total. The molecule has 0 bridgehead atoms. The smallest absolute Gasteiger partial charge is 0.254 e. The maximum absolute atomic E-state index is 12.7. The minimum atomic E-state index is -3.54. The van der Waals surface area contributed by atoms with Crippen molar-refractivity contribution < 1.29 is 17.9 Å². The Morgan fingerprint density at radius 2 is 1.88 bits per heavy atom. The van der Waals surface area contributed by atoms with Gasteiger partial charge in [-0.05, 0) is 37.2 Å². The number of nitrogens with one attached hydrogen (secondary N) is 1. The number of carbonyl (C=O) groups excluding carboxylic acids is 1. The minimum absolute atomic E-state index is 0. The fourth-order valence-corrected chi connectivity index (χ4v) is 4.42. The summed E-state index contributed by atoms with van der Waals surface area (Å²) in [6, 6.07) is 6.19. The molecule has 1 aromatic rings. The summed E-state index contributed by atoms with van der Waals surface area (Å²) in [6.45, 7) is 3.71. The molecule has 1 amide bonds. The monoisotopic (exact) mass is 389 g/mol. The number of likely N-dealkylation sites (N-methyl/N-ethyl adjacent to an activating group) is 1. The Kier molecular flexibility index (Phi) is 6.81. The van der Waals surface area contributed by atoms with Gasteiger partial charge in [0.1, 0.15) is 0 Å². The summed E-state index contributed by atoms with van der Waals surface area (Å²) in [7, 11) is -1.93. The maximum atomic E-state index is 12.7. The molecule has 140 valence electrons. The number of rotatable bonds is 4. The van der Waals surface area contributed by atoms with Crippen molar-refractivity contribution in [1.82, 2.24) is 14.5 Å². The fraction of sp³-hybridized carbons (Fsp3) is 0.562. The van der Waals surface area contributed by atoms with E-state index in [1.165, 1.54) is 16.4 Å². The quantitative estimate of drug-likeness (QED) is 0.814. The molecule has 0 aliphatic carbocycles. The highest BCUT2D eigenvalue weighted by Gasteiger charge is 2.30. The molecule has 0 radical (unpaired) electrons. The van der Waals surface area contributed by atoms with Gasteiger partial charge in [0.15, 0.2) is 0 Å². The Morgan fingerprint density at radius 1 is 1.24 bits per heavy atom. The molecule has 0 saturated carbocycles. The SMILES string of the molecule is CN(C1CCNC1)S(=O)(=O)c1ccc(C(=O)N2CCOCC2)cc1.Cl. The van der Waals surface area contributed by atoms with Gasteiger partial charge < -0.3 is 15.0 Å². The van der Waals surface area contributed by atoms with Crippen LogP contribution in [0.5, 0.6) is 0 Å². The number of benzene rings is 1. The molecule has 1 N–H and O–H groups in total. The average molecular weight is 390 g/mol. The van der Waals surface area contributed by atoms with E-state index in [0.717, 1.165) is 13.0 Å². The third-order valence-electron chi connectivity index (χ3n) is 4.63. The van der Waals surface area contributed by atoms with Gasteiger partial charge >= 0.3 is 0 Å². The molecule has 2 aliphatic heterocycles. The van der Waals surface area contributed by atoms with Gasteiger partial charge in [-0.3, -0.25) is 4.79 Å². The third-order valence-corrected chi connectivity index (χ3v) is 6.55. The van der Waals surface area contributed by atoms with Crippen molar-refractivity contribution in [3.8, 4) is 0 Å². The first kappa shape index (κ1) is 20.1. The first-order valence-corrected chi connectivity index (χ1v) is 9.60. The first-order valence-electron chi connectivity index (χ1n) is 8.16. The zero-order valence-corrected chi connectivity index (χ0v) is 15.8. The van der Waals surface area contributed by atoms with E-state index in [2.05, 4.69) is 5.32 Å². The zero-order chi connectivity index (χ0) is 17.2. The molecule has 2 fully saturated rings. The van der Waals surface area contributed by atoms with E-state index in [9.17, 15) is 13.2 Å². The average Bonchev–Trinajstić information content (AvgIpc) is 3.16. The van der Waals surface area contributed by atoms with E-state index >= 15 is 0 Å². The summed E-state index contributed by atoms with van der Waals surface area (Å²) < 4.78 is 32.0. The van der Waals surface area contributed by atoms with Crippen LogP contribution in [0.3, 0.4) is 0 Å². The highest BCUT2D eigenvalue weighted by Crippen LogP contribution is 2.20. The second-order valence-corrected chi connectivity index (χ2v) is 8.09. The van der Waals surface area contributed by atoms with Crippen LogP contribution >= 0.6 is 12.4 Å². The molecule has 1 aromatic carbocycles. The first-order chi connectivity index (χ1) is 11.5. The molecule has 25 heavy (non-hydrogen) atoms. The Morgan fingerprint density at radius 3 is 2.44 bits per heavy atom. The topological polar surface area (TPSA) is 79.0 Å². The molecule has 3 rings (SSSR count). The van der Waals surface area contributed by atoms with Crippen LogP contribution in [0.4, 0.5) is 0 Å². The second kappa shape index (κ2) is 8.46. The molecular weight excluding hydrogens is 366 g/mol. The van der Waals surface area contributed by atoms with Crippen molar-refractivity contribution in [3.63, 3.8) is 0 Å². The standard InChI is InChI=1S/C16H23N3O4S.ClH/c1-18(14-6-7-17-12-14)24(21,22)15-4-2-13(3-5-15)16(20)19-8-10-23-11-9-19;/h2-5,14,17H,6-12H2,1H3;1H. The second-order valence-electron chi connectivity index (χ2n) is 6.10. The molecule has 2 saturated heterocycles. The Hall–Kier alpha value is -1.19. The summed E-state index contributed by atoms with van der Waals surface area (Å²) in [6.07, 6.45) is 0.809. The predicted octanol–water partition coefficient (Wildman–Crippen LogP) is 0.563. The number of halogens is 1. The van der Waals surface area contributed by atoms with Gasteiger partial charge in [0.05, 0.1) is 18.1 Å². The number of amides is 1. The van der Waals surface area contributed by atoms with E-state index < -0.39 is 10.0 Å². The minimum Gasteiger partial charge on any atom is -0.378 e. The van der Waals surface area contributed by atoms with Gasteiger partial charge in [-0.1, -0.05) is 0 Å². The lowest BCUT2D eigenvalue weighted by Gasteiger charge is -2.27. The zero-order valence-electron chi connectivity index (χ0n) is 14.2. The number of carbonyl (C=O) groups is 1. The fourth-order valence-electron chi connectivity index (χ4n) is 3.03. The van der Waals surface area contributed by atoms with Crippen LogP contribution in [-0.2, 0) is 14.8 Å². The lowest BCUT2D eigenvalue weighted by Crippen LogP contribution is -2.40. The van der Waals surface area contributed by atoms with Crippen LogP contribution in [0, 0.1) is 0 Å². The van der Waals surface area contributed by atoms with E-state index in [1.807, 2.05) is 0 Å². The van der Waals surface area contributed by atoms with Crippen LogP contribution in [0.1, 0.15) is 16.8 Å². The van der Waals surface area contributed by atoms with Crippen LogP contribution in [0.25, 0.3) is 0 Å². The summed E-state index contributed by atoms with van der Waals surface area (Å²) in [5.41, 5.74) is 0.501. The maximum Gasteiger partial charge on any atom is 0.254 e. The van der Waals surface area contributed by atoms with Crippen LogP contribution in [0.15, 0.2) is 29.2 Å². The van der Waals surface area contributed by atoms with Crippen LogP contribution in [0.2, 0.25) is 0 Å². The number of morpholine rings is 1. The van der Waals surface area contributed by atoms with Crippen molar-refractivity contribution in [1.29, 1.82) is 0 Å². The summed E-state index contributed by atoms with van der Waals surface area (Å²) >= 11 is 0. The highest BCUT2D eigenvalue weighted by atomic mass is 35.5. The summed E-state index contributed by atoms with van der Waals surface area (Å²) in [4.78, 5) is 14.3. The molecular formula is C16H24ClN3O4S.